The molecule has 1 aromatic rings. The van der Waals surface area contributed by atoms with Crippen LogP contribution in [0.1, 0.15) is 16.9 Å². The van der Waals surface area contributed by atoms with Crippen molar-refractivity contribution in [3.05, 3.63) is 40.6 Å². The van der Waals surface area contributed by atoms with Crippen LogP contribution in [0.3, 0.4) is 0 Å². The van der Waals surface area contributed by atoms with E-state index in [4.69, 9.17) is 4.74 Å². The van der Waals surface area contributed by atoms with Crippen LogP contribution in [0.2, 0.25) is 0 Å². The third-order valence-corrected chi connectivity index (χ3v) is 1.99. The SMILES string of the molecule is C=CCCOc1nc(C(=O)OC)ccc1[N+](=O)[O-]. The van der Waals surface area contributed by atoms with Crippen molar-refractivity contribution in [2.45, 2.75) is 6.42 Å². The van der Waals surface area contributed by atoms with Gasteiger partial charge in [0.25, 0.3) is 5.88 Å². The van der Waals surface area contributed by atoms with E-state index in [1.54, 1.807) is 6.08 Å². The zero-order valence-corrected chi connectivity index (χ0v) is 9.79. The molecule has 0 aliphatic rings. The van der Waals surface area contributed by atoms with Gasteiger partial charge in [-0.05, 0) is 12.5 Å². The fraction of sp³-hybridized carbons (Fsp3) is 0.273. The van der Waals surface area contributed by atoms with E-state index in [1.165, 1.54) is 13.2 Å². The van der Waals surface area contributed by atoms with E-state index in [-0.39, 0.29) is 23.9 Å². The molecule has 1 aromatic heterocycles. The van der Waals surface area contributed by atoms with Crippen LogP contribution in [0, 0.1) is 10.1 Å². The van der Waals surface area contributed by atoms with Crippen molar-refractivity contribution in [1.82, 2.24) is 4.98 Å². The van der Waals surface area contributed by atoms with Gasteiger partial charge in [0.05, 0.1) is 18.6 Å². The molecule has 0 fully saturated rings. The number of rotatable bonds is 6. The van der Waals surface area contributed by atoms with Gasteiger partial charge >= 0.3 is 11.7 Å². The molecule has 0 aliphatic carbocycles. The number of methoxy groups -OCH3 is 1. The number of esters is 1. The summed E-state index contributed by atoms with van der Waals surface area (Å²) >= 11 is 0. The van der Waals surface area contributed by atoms with Gasteiger partial charge in [-0.25, -0.2) is 9.78 Å². The molecule has 1 rings (SSSR count). The molecule has 0 atom stereocenters. The number of hydrogen-bond acceptors (Lipinski definition) is 6. The van der Waals surface area contributed by atoms with Gasteiger partial charge in [-0.15, -0.1) is 6.58 Å². The topological polar surface area (TPSA) is 91.6 Å². The standard InChI is InChI=1S/C11H12N2O5/c1-3-4-7-18-10-9(13(15)16)6-5-8(12-10)11(14)17-2/h3,5-6H,1,4,7H2,2H3. The number of carbonyl (C=O) groups is 1. The molecule has 0 N–H and O–H groups in total. The monoisotopic (exact) mass is 252 g/mol. The highest BCUT2D eigenvalue weighted by atomic mass is 16.6. The van der Waals surface area contributed by atoms with Gasteiger partial charge in [0.2, 0.25) is 0 Å². The lowest BCUT2D eigenvalue weighted by molar-refractivity contribution is -0.386. The molecule has 18 heavy (non-hydrogen) atoms. The maximum atomic E-state index is 11.3. The lowest BCUT2D eigenvalue weighted by atomic mass is 10.3. The molecule has 0 bridgehead atoms. The minimum atomic E-state index is -0.682. The molecule has 0 saturated carbocycles. The van der Waals surface area contributed by atoms with Crippen molar-refractivity contribution in [3.63, 3.8) is 0 Å². The molecule has 1 heterocycles. The zero-order chi connectivity index (χ0) is 13.5. The van der Waals surface area contributed by atoms with Gasteiger partial charge in [0.15, 0.2) is 5.69 Å². The summed E-state index contributed by atoms with van der Waals surface area (Å²) in [5, 5.41) is 10.8. The van der Waals surface area contributed by atoms with E-state index in [1.807, 2.05) is 0 Å². The summed E-state index contributed by atoms with van der Waals surface area (Å²) in [5.41, 5.74) is -0.344. The Balaban J connectivity index is 3.03. The summed E-state index contributed by atoms with van der Waals surface area (Å²) in [4.78, 5) is 25.1. The Bertz CT molecular complexity index is 473. The van der Waals surface area contributed by atoms with Gasteiger partial charge in [-0.1, -0.05) is 6.08 Å². The Hall–Kier alpha value is -2.44. The third-order valence-electron chi connectivity index (χ3n) is 1.99. The van der Waals surface area contributed by atoms with Crippen LogP contribution in [0.4, 0.5) is 5.69 Å². The minimum Gasteiger partial charge on any atom is -0.472 e. The Kier molecular flexibility index (Phi) is 4.79. The van der Waals surface area contributed by atoms with Crippen LogP contribution < -0.4 is 4.74 Å². The normalized spacial score (nSPS) is 9.61. The third kappa shape index (κ3) is 3.27. The van der Waals surface area contributed by atoms with Gasteiger partial charge < -0.3 is 9.47 Å². The highest BCUT2D eigenvalue weighted by Crippen LogP contribution is 2.24. The van der Waals surface area contributed by atoms with Crippen LogP contribution >= 0.6 is 0 Å². The largest absolute Gasteiger partial charge is 0.472 e. The van der Waals surface area contributed by atoms with Crippen molar-refractivity contribution in [1.29, 1.82) is 0 Å². The molecule has 0 spiro atoms. The lowest BCUT2D eigenvalue weighted by Gasteiger charge is -2.05. The van der Waals surface area contributed by atoms with Crippen molar-refractivity contribution in [2.75, 3.05) is 13.7 Å². The number of pyridine rings is 1. The molecule has 0 amide bonds. The Labute approximate surface area is 103 Å². The van der Waals surface area contributed by atoms with Crippen molar-refractivity contribution in [3.8, 4) is 5.88 Å². The van der Waals surface area contributed by atoms with Crippen molar-refractivity contribution >= 4 is 11.7 Å². The number of nitrogens with zero attached hydrogens (tertiary/aromatic N) is 2. The number of nitro groups is 1. The van der Waals surface area contributed by atoms with Gasteiger partial charge in [-0.3, -0.25) is 10.1 Å². The summed E-state index contributed by atoms with van der Waals surface area (Å²) in [5.74, 6) is -0.886. The molecule has 7 nitrogen and oxygen atoms in total. The molecule has 0 aliphatic heterocycles. The molecule has 0 radical (unpaired) electrons. The molecular weight excluding hydrogens is 240 g/mol. The first-order chi connectivity index (χ1) is 8.60. The molecular formula is C11H12N2O5. The maximum Gasteiger partial charge on any atom is 0.356 e. The van der Waals surface area contributed by atoms with E-state index in [0.717, 1.165) is 6.07 Å². The van der Waals surface area contributed by atoms with E-state index >= 15 is 0 Å². The number of hydrogen-bond donors (Lipinski definition) is 0. The average Bonchev–Trinajstić information content (AvgIpc) is 2.37. The smallest absolute Gasteiger partial charge is 0.356 e. The minimum absolute atomic E-state index is 0.0447. The Morgan fingerprint density at radius 2 is 2.33 bits per heavy atom. The molecule has 7 heteroatoms. The first kappa shape index (κ1) is 13.6. The summed E-state index contributed by atoms with van der Waals surface area (Å²) in [7, 11) is 1.20. The Morgan fingerprint density at radius 3 is 2.89 bits per heavy atom. The summed E-state index contributed by atoms with van der Waals surface area (Å²) in [6.07, 6.45) is 2.12. The van der Waals surface area contributed by atoms with Crippen LogP contribution in [0.5, 0.6) is 5.88 Å². The highest BCUT2D eigenvalue weighted by molar-refractivity contribution is 5.87. The van der Waals surface area contributed by atoms with Gasteiger partial charge in [-0.2, -0.15) is 0 Å². The van der Waals surface area contributed by atoms with E-state index in [2.05, 4.69) is 16.3 Å². The van der Waals surface area contributed by atoms with Crippen molar-refractivity contribution < 1.29 is 19.2 Å². The first-order valence-corrected chi connectivity index (χ1v) is 5.07. The van der Waals surface area contributed by atoms with E-state index < -0.39 is 10.9 Å². The van der Waals surface area contributed by atoms with E-state index in [0.29, 0.717) is 6.42 Å². The van der Waals surface area contributed by atoms with Crippen molar-refractivity contribution in [2.24, 2.45) is 0 Å². The van der Waals surface area contributed by atoms with Crippen LogP contribution in [-0.2, 0) is 4.74 Å². The predicted octanol–water partition coefficient (Wildman–Crippen LogP) is 1.73. The number of ether oxygens (including phenoxy) is 2. The number of aromatic nitrogens is 1. The van der Waals surface area contributed by atoms with Crippen LogP contribution in [0.25, 0.3) is 0 Å². The number of carbonyl (C=O) groups excluding carboxylic acids is 1. The quantitative estimate of drug-likeness (QED) is 0.252. The second kappa shape index (κ2) is 6.33. The lowest BCUT2D eigenvalue weighted by Crippen LogP contribution is -2.08. The summed E-state index contributed by atoms with van der Waals surface area (Å²) in [6, 6.07) is 2.37. The van der Waals surface area contributed by atoms with Crippen LogP contribution in [-0.4, -0.2) is 29.6 Å². The summed E-state index contributed by atoms with van der Waals surface area (Å²) in [6.45, 7) is 3.70. The van der Waals surface area contributed by atoms with Gasteiger partial charge in [0.1, 0.15) is 0 Å². The summed E-state index contributed by atoms with van der Waals surface area (Å²) < 4.78 is 9.62. The van der Waals surface area contributed by atoms with Crippen LogP contribution in [0.15, 0.2) is 24.8 Å². The Morgan fingerprint density at radius 1 is 1.61 bits per heavy atom. The maximum absolute atomic E-state index is 11.3. The molecule has 0 saturated heterocycles. The van der Waals surface area contributed by atoms with Gasteiger partial charge in [0, 0.05) is 6.07 Å². The molecule has 0 unspecified atom stereocenters. The first-order valence-electron chi connectivity index (χ1n) is 5.07. The fourth-order valence-corrected chi connectivity index (χ4v) is 1.14. The molecule has 96 valence electrons. The zero-order valence-electron chi connectivity index (χ0n) is 9.79. The van der Waals surface area contributed by atoms with E-state index in [9.17, 15) is 14.9 Å². The second-order valence-corrected chi connectivity index (χ2v) is 3.20. The second-order valence-electron chi connectivity index (χ2n) is 3.20. The fourth-order valence-electron chi connectivity index (χ4n) is 1.14. The average molecular weight is 252 g/mol. The highest BCUT2D eigenvalue weighted by Gasteiger charge is 2.20. The molecule has 0 aromatic carbocycles. The predicted molar refractivity (Wildman–Crippen MR) is 62.5 cm³/mol.